The van der Waals surface area contributed by atoms with Crippen molar-refractivity contribution in [2.75, 3.05) is 53.0 Å². The molecule has 3 rings (SSSR count). The highest BCUT2D eigenvalue weighted by Crippen LogP contribution is 2.23. The fourth-order valence-corrected chi connectivity index (χ4v) is 2.97. The van der Waals surface area contributed by atoms with Crippen molar-refractivity contribution in [3.05, 3.63) is 30.1 Å². The summed E-state index contributed by atoms with van der Waals surface area (Å²) in [5, 5.41) is 14.2. The van der Waals surface area contributed by atoms with Crippen LogP contribution in [0.3, 0.4) is 0 Å². The van der Waals surface area contributed by atoms with Crippen molar-refractivity contribution in [1.29, 1.82) is 0 Å². The molecule has 1 spiro atoms. The van der Waals surface area contributed by atoms with Crippen LogP contribution in [0, 0.1) is 0 Å². The number of amides is 1. The average molecular weight is 519 g/mol. The Hall–Kier alpha value is -2.98. The molecule has 2 aliphatic rings. The molecule has 0 radical (unpaired) electrons. The number of morpholine rings is 1. The maximum Gasteiger partial charge on any atom is 0.490 e. The molecule has 1 aromatic rings. The fraction of sp³-hybridized carbons (Fsp3) is 0.579. The summed E-state index contributed by atoms with van der Waals surface area (Å²) in [6.45, 7) is 4.60. The highest BCUT2D eigenvalue weighted by atomic mass is 19.4. The first-order valence-electron chi connectivity index (χ1n) is 9.77. The third-order valence-electron chi connectivity index (χ3n) is 4.47. The predicted molar refractivity (Wildman–Crippen MR) is 105 cm³/mol. The van der Waals surface area contributed by atoms with E-state index in [4.69, 9.17) is 29.3 Å². The number of carbonyl (C=O) groups excluding carboxylic acids is 1. The largest absolute Gasteiger partial charge is 0.490 e. The van der Waals surface area contributed by atoms with Crippen LogP contribution in [0.15, 0.2) is 24.5 Å². The summed E-state index contributed by atoms with van der Waals surface area (Å²) in [4.78, 5) is 38.5. The molecule has 1 unspecified atom stereocenters. The minimum atomic E-state index is -5.08. The van der Waals surface area contributed by atoms with Gasteiger partial charge in [0.05, 0.1) is 31.9 Å². The van der Waals surface area contributed by atoms with E-state index in [1.54, 1.807) is 24.5 Å². The maximum atomic E-state index is 12.6. The van der Waals surface area contributed by atoms with Crippen molar-refractivity contribution in [2.45, 2.75) is 18.0 Å². The topological polar surface area (TPSA) is 130 Å². The van der Waals surface area contributed by atoms with Crippen LogP contribution in [0.4, 0.5) is 26.3 Å². The normalized spacial score (nSPS) is 21.1. The molecular formula is C19H23F6N3O7. The number of aromatic nitrogens is 1. The SMILES string of the molecule is CN1CCOC2(COCCN(C(=O)c3cccnc3)C2)C1.O=C(O)C(F)(F)F.O=C(O)C(F)(F)F. The molecule has 0 bridgehead atoms. The zero-order chi connectivity index (χ0) is 26.9. The van der Waals surface area contributed by atoms with Crippen LogP contribution < -0.4 is 0 Å². The monoisotopic (exact) mass is 519 g/mol. The Labute approximate surface area is 195 Å². The number of ether oxygens (including phenoxy) is 2. The summed E-state index contributed by atoms with van der Waals surface area (Å²) in [5.41, 5.74) is 0.195. The van der Waals surface area contributed by atoms with E-state index in [-0.39, 0.29) is 5.91 Å². The van der Waals surface area contributed by atoms with Crippen molar-refractivity contribution < 1.29 is 60.4 Å². The Morgan fingerprint density at radius 2 is 1.57 bits per heavy atom. The molecule has 35 heavy (non-hydrogen) atoms. The Kier molecular flexibility index (Phi) is 10.9. The van der Waals surface area contributed by atoms with Crippen molar-refractivity contribution in [2.24, 2.45) is 0 Å². The number of nitrogens with zero attached hydrogens (tertiary/aromatic N) is 3. The van der Waals surface area contributed by atoms with Crippen molar-refractivity contribution in [3.8, 4) is 0 Å². The summed E-state index contributed by atoms with van der Waals surface area (Å²) in [7, 11) is 2.07. The van der Waals surface area contributed by atoms with Crippen molar-refractivity contribution >= 4 is 17.8 Å². The highest BCUT2D eigenvalue weighted by Gasteiger charge is 2.41. The van der Waals surface area contributed by atoms with Crippen LogP contribution in [-0.4, -0.2) is 114 Å². The lowest BCUT2D eigenvalue weighted by Crippen LogP contribution is -2.58. The van der Waals surface area contributed by atoms with Gasteiger partial charge in [0, 0.05) is 32.0 Å². The van der Waals surface area contributed by atoms with E-state index in [0.717, 1.165) is 13.1 Å². The van der Waals surface area contributed by atoms with E-state index in [9.17, 15) is 31.1 Å². The zero-order valence-corrected chi connectivity index (χ0v) is 18.3. The first-order chi connectivity index (χ1) is 16.1. The third kappa shape index (κ3) is 10.4. The van der Waals surface area contributed by atoms with Crippen LogP contribution >= 0.6 is 0 Å². The molecule has 1 atom stereocenters. The van der Waals surface area contributed by atoms with Crippen molar-refractivity contribution in [1.82, 2.24) is 14.8 Å². The second-order valence-corrected chi connectivity index (χ2v) is 7.40. The summed E-state index contributed by atoms with van der Waals surface area (Å²) >= 11 is 0. The van der Waals surface area contributed by atoms with E-state index in [1.165, 1.54) is 0 Å². The van der Waals surface area contributed by atoms with Crippen LogP contribution in [0.5, 0.6) is 0 Å². The lowest BCUT2D eigenvalue weighted by atomic mass is 10.0. The molecule has 10 nitrogen and oxygen atoms in total. The smallest absolute Gasteiger partial charge is 0.475 e. The second kappa shape index (κ2) is 12.6. The van der Waals surface area contributed by atoms with Gasteiger partial charge in [-0.2, -0.15) is 26.3 Å². The van der Waals surface area contributed by atoms with E-state index in [1.807, 2.05) is 4.90 Å². The molecule has 198 valence electrons. The number of carbonyl (C=O) groups is 3. The average Bonchev–Trinajstić information content (AvgIpc) is 2.95. The Bertz CT molecular complexity index is 830. The third-order valence-corrected chi connectivity index (χ3v) is 4.47. The molecule has 1 aromatic heterocycles. The van der Waals surface area contributed by atoms with Crippen LogP contribution in [0.25, 0.3) is 0 Å². The quantitative estimate of drug-likeness (QED) is 0.531. The van der Waals surface area contributed by atoms with Crippen LogP contribution in [0.2, 0.25) is 0 Å². The zero-order valence-electron chi connectivity index (χ0n) is 18.3. The number of hydrogen-bond acceptors (Lipinski definition) is 7. The van der Waals surface area contributed by atoms with Gasteiger partial charge in [-0.3, -0.25) is 9.78 Å². The van der Waals surface area contributed by atoms with Crippen molar-refractivity contribution in [3.63, 3.8) is 0 Å². The second-order valence-electron chi connectivity index (χ2n) is 7.40. The molecule has 2 N–H and O–H groups in total. The number of carboxylic acid groups (broad SMARTS) is 2. The Morgan fingerprint density at radius 3 is 2.03 bits per heavy atom. The minimum absolute atomic E-state index is 0.00944. The number of carboxylic acids is 2. The summed E-state index contributed by atoms with van der Waals surface area (Å²) in [5.74, 6) is -5.52. The van der Waals surface area contributed by atoms with Gasteiger partial charge in [0.15, 0.2) is 0 Å². The van der Waals surface area contributed by atoms with Gasteiger partial charge in [-0.05, 0) is 19.2 Å². The number of hydrogen-bond donors (Lipinski definition) is 2. The van der Waals surface area contributed by atoms with Gasteiger partial charge < -0.3 is 29.5 Å². The molecule has 2 aliphatic heterocycles. The lowest BCUT2D eigenvalue weighted by Gasteiger charge is -2.42. The van der Waals surface area contributed by atoms with Gasteiger partial charge in [0.25, 0.3) is 5.91 Å². The molecule has 16 heteroatoms. The fourth-order valence-electron chi connectivity index (χ4n) is 2.97. The predicted octanol–water partition coefficient (Wildman–Crippen LogP) is 1.52. The standard InChI is InChI=1S/C15H21N3O3.2C2HF3O2/c1-17-5-8-21-15(10-17)11-18(6-7-20-12-15)14(19)13-3-2-4-16-9-13;2*3-2(4,5)1(6)7/h2-4,9H,5-8,10-12H2,1H3;2*(H,6,7). The number of halogens is 6. The first kappa shape index (κ1) is 30.1. The molecular weight excluding hydrogens is 496 g/mol. The van der Waals surface area contributed by atoms with Crippen LogP contribution in [-0.2, 0) is 19.1 Å². The van der Waals surface area contributed by atoms with Gasteiger partial charge in [0.2, 0.25) is 0 Å². The van der Waals surface area contributed by atoms with E-state index in [0.29, 0.717) is 38.5 Å². The van der Waals surface area contributed by atoms with Gasteiger partial charge >= 0.3 is 24.3 Å². The number of aliphatic carboxylic acids is 2. The summed E-state index contributed by atoms with van der Waals surface area (Å²) in [6, 6.07) is 3.57. The molecule has 2 fully saturated rings. The Balaban J connectivity index is 0.000000362. The van der Waals surface area contributed by atoms with E-state index >= 15 is 0 Å². The summed E-state index contributed by atoms with van der Waals surface area (Å²) < 4.78 is 75.2. The molecule has 0 saturated carbocycles. The van der Waals surface area contributed by atoms with Gasteiger partial charge in [-0.1, -0.05) is 0 Å². The Morgan fingerprint density at radius 1 is 1.00 bits per heavy atom. The van der Waals surface area contributed by atoms with Gasteiger partial charge in [-0.25, -0.2) is 9.59 Å². The van der Waals surface area contributed by atoms with E-state index in [2.05, 4.69) is 16.9 Å². The molecule has 0 aliphatic carbocycles. The minimum Gasteiger partial charge on any atom is -0.475 e. The van der Waals surface area contributed by atoms with Gasteiger partial charge in [-0.15, -0.1) is 0 Å². The summed E-state index contributed by atoms with van der Waals surface area (Å²) in [6.07, 6.45) is -6.89. The molecule has 3 heterocycles. The molecule has 0 aromatic carbocycles. The highest BCUT2D eigenvalue weighted by molar-refractivity contribution is 5.94. The molecule has 1 amide bonds. The van der Waals surface area contributed by atoms with Crippen LogP contribution in [0.1, 0.15) is 10.4 Å². The first-order valence-corrected chi connectivity index (χ1v) is 9.77. The van der Waals surface area contributed by atoms with Gasteiger partial charge in [0.1, 0.15) is 5.60 Å². The number of likely N-dealkylation sites (N-methyl/N-ethyl adjacent to an activating group) is 1. The van der Waals surface area contributed by atoms with E-state index < -0.39 is 29.9 Å². The lowest BCUT2D eigenvalue weighted by molar-refractivity contribution is -0.193. The molecule has 2 saturated heterocycles. The number of alkyl halides is 6. The number of pyridine rings is 1. The number of rotatable bonds is 1. The maximum absolute atomic E-state index is 12.6.